The minimum atomic E-state index is -0.986. The van der Waals surface area contributed by atoms with Gasteiger partial charge in [-0.15, -0.1) is 0 Å². The van der Waals surface area contributed by atoms with Crippen molar-refractivity contribution in [3.05, 3.63) is 28.8 Å². The van der Waals surface area contributed by atoms with Crippen LogP contribution >= 0.6 is 34.8 Å². The van der Waals surface area contributed by atoms with Crippen molar-refractivity contribution >= 4 is 56.2 Å². The number of nitrogens with one attached hydrogen (secondary N) is 1. The lowest BCUT2D eigenvalue weighted by atomic mass is 10.0. The lowest BCUT2D eigenvalue weighted by Gasteiger charge is -2.09. The van der Waals surface area contributed by atoms with Gasteiger partial charge in [-0.1, -0.05) is 0 Å². The Morgan fingerprint density at radius 3 is 1.59 bits per heavy atom. The molecule has 0 unspecified atom stereocenters. The van der Waals surface area contributed by atoms with E-state index in [0.29, 0.717) is 0 Å². The summed E-state index contributed by atoms with van der Waals surface area (Å²) in [6.45, 7) is 0. The van der Waals surface area contributed by atoms with Crippen LogP contribution in [0, 0.1) is 0 Å². The summed E-state index contributed by atoms with van der Waals surface area (Å²) in [4.78, 5) is 33.1. The molecule has 5 nitrogen and oxygen atoms in total. The van der Waals surface area contributed by atoms with Crippen molar-refractivity contribution in [2.24, 2.45) is 0 Å². The van der Waals surface area contributed by atoms with Crippen LogP contribution < -0.4 is 5.48 Å². The van der Waals surface area contributed by atoms with Crippen molar-refractivity contribution in [1.29, 1.82) is 0 Å². The van der Waals surface area contributed by atoms with Crippen LogP contribution in [0.3, 0.4) is 0 Å². The van der Waals surface area contributed by atoms with Crippen LogP contribution in [0.1, 0.15) is 31.1 Å². The largest absolute Gasteiger partial charge is 0.291 e. The zero-order chi connectivity index (χ0) is 13.2. The first-order valence-corrected chi connectivity index (χ1v) is 5.19. The number of hydrogen-bond donors (Lipinski definition) is 2. The van der Waals surface area contributed by atoms with Crippen LogP contribution in [-0.4, -0.2) is 20.9 Å². The second-order valence-corrected chi connectivity index (χ2v) is 3.91. The van der Waals surface area contributed by atoms with Gasteiger partial charge in [0.2, 0.25) is 0 Å². The summed E-state index contributed by atoms with van der Waals surface area (Å²) in [5.74, 6) is 0. The molecule has 0 aliphatic rings. The molecule has 0 aliphatic carbocycles. The summed E-state index contributed by atoms with van der Waals surface area (Å²) < 4.78 is 0. The molecule has 2 N–H and O–H groups in total. The van der Waals surface area contributed by atoms with Crippen LogP contribution in [0.25, 0.3) is 0 Å². The van der Waals surface area contributed by atoms with Crippen LogP contribution in [0.4, 0.5) is 5.69 Å². The molecule has 0 aliphatic heterocycles. The Morgan fingerprint density at radius 2 is 1.35 bits per heavy atom. The molecule has 0 saturated carbocycles. The first-order chi connectivity index (χ1) is 7.88. The third kappa shape index (κ3) is 2.95. The van der Waals surface area contributed by atoms with E-state index >= 15 is 0 Å². The Labute approximate surface area is 110 Å². The zero-order valence-corrected chi connectivity index (χ0v) is 10.2. The molecule has 0 amide bonds. The minimum absolute atomic E-state index is 0.140. The van der Waals surface area contributed by atoms with E-state index in [0.717, 1.165) is 12.1 Å². The van der Waals surface area contributed by atoms with Crippen molar-refractivity contribution in [3.8, 4) is 0 Å². The fourth-order valence-electron chi connectivity index (χ4n) is 1.19. The van der Waals surface area contributed by atoms with Gasteiger partial charge in [0.15, 0.2) is 0 Å². The fraction of sp³-hybridized carbons (Fsp3) is 0. The van der Waals surface area contributed by atoms with Gasteiger partial charge in [0.25, 0.3) is 15.7 Å². The first kappa shape index (κ1) is 13.9. The summed E-state index contributed by atoms with van der Waals surface area (Å²) in [6.07, 6.45) is 0. The van der Waals surface area contributed by atoms with E-state index < -0.39 is 15.7 Å². The highest BCUT2D eigenvalue weighted by atomic mass is 35.5. The van der Waals surface area contributed by atoms with Crippen molar-refractivity contribution < 1.29 is 19.6 Å². The maximum absolute atomic E-state index is 11.1. The molecule has 8 heteroatoms. The number of benzene rings is 1. The molecule has 0 saturated heterocycles. The average molecular weight is 296 g/mol. The number of carbonyl (C=O) groups excluding carboxylic acids is 3. The predicted molar refractivity (Wildman–Crippen MR) is 62.4 cm³/mol. The molecule has 0 aromatic heterocycles. The Morgan fingerprint density at radius 1 is 0.941 bits per heavy atom. The molecule has 0 atom stereocenters. The van der Waals surface area contributed by atoms with Crippen molar-refractivity contribution in [1.82, 2.24) is 0 Å². The number of halogens is 3. The number of hydrogen-bond acceptors (Lipinski definition) is 5. The van der Waals surface area contributed by atoms with E-state index in [-0.39, 0.29) is 22.4 Å². The van der Waals surface area contributed by atoms with Gasteiger partial charge >= 0.3 is 0 Å². The number of rotatable bonds is 4. The summed E-state index contributed by atoms with van der Waals surface area (Å²) in [5.41, 5.74) is 0.628. The SMILES string of the molecule is O=C(Cl)c1cc(C(=O)Cl)c(NO)c(C(=O)Cl)c1. The van der Waals surface area contributed by atoms with E-state index in [1.54, 1.807) is 5.48 Å². The highest BCUT2D eigenvalue weighted by molar-refractivity contribution is 6.71. The summed E-state index contributed by atoms with van der Waals surface area (Å²) >= 11 is 15.7. The monoisotopic (exact) mass is 295 g/mol. The molecule has 90 valence electrons. The van der Waals surface area contributed by atoms with Crippen LogP contribution in [0.15, 0.2) is 12.1 Å². The molecule has 0 spiro atoms. The van der Waals surface area contributed by atoms with Gasteiger partial charge in [0.1, 0.15) is 0 Å². The van der Waals surface area contributed by atoms with Gasteiger partial charge in [-0.3, -0.25) is 25.1 Å². The highest BCUT2D eigenvalue weighted by Gasteiger charge is 2.20. The number of carbonyl (C=O) groups is 3. The first-order valence-electron chi connectivity index (χ1n) is 4.06. The summed E-state index contributed by atoms with van der Waals surface area (Å²) in [6, 6.07) is 2.07. The molecule has 1 rings (SSSR count). The van der Waals surface area contributed by atoms with Gasteiger partial charge in [0, 0.05) is 5.56 Å². The standard InChI is InChI=1S/C9H4Cl3NO4/c10-7(14)3-1-4(8(11)15)6(13-17)5(2-3)9(12)16/h1-2,13,17H. The Hall–Kier alpha value is -1.14. The molecule has 0 bridgehead atoms. The Bertz CT molecular complexity index is 480. The smallest absolute Gasteiger partial charge is 0.254 e. The quantitative estimate of drug-likeness (QED) is 0.659. The highest BCUT2D eigenvalue weighted by Crippen LogP contribution is 2.27. The van der Waals surface area contributed by atoms with Crippen molar-refractivity contribution in [2.45, 2.75) is 0 Å². The van der Waals surface area contributed by atoms with Crippen molar-refractivity contribution in [2.75, 3.05) is 5.48 Å². The zero-order valence-electron chi connectivity index (χ0n) is 7.96. The molecule has 0 heterocycles. The van der Waals surface area contributed by atoms with Gasteiger partial charge < -0.3 is 0 Å². The molecular weight excluding hydrogens is 292 g/mol. The van der Waals surface area contributed by atoms with E-state index in [9.17, 15) is 14.4 Å². The van der Waals surface area contributed by atoms with Gasteiger partial charge in [-0.05, 0) is 46.9 Å². The van der Waals surface area contributed by atoms with E-state index in [1.165, 1.54) is 0 Å². The van der Waals surface area contributed by atoms with Crippen LogP contribution in [0.2, 0.25) is 0 Å². The topological polar surface area (TPSA) is 83.5 Å². The molecule has 0 radical (unpaired) electrons. The fourth-order valence-corrected chi connectivity index (χ4v) is 1.59. The van der Waals surface area contributed by atoms with Crippen molar-refractivity contribution in [3.63, 3.8) is 0 Å². The maximum atomic E-state index is 11.1. The van der Waals surface area contributed by atoms with Gasteiger partial charge in [-0.25, -0.2) is 0 Å². The predicted octanol–water partition coefficient (Wildman–Crippen LogP) is 2.62. The van der Waals surface area contributed by atoms with Crippen LogP contribution in [0.5, 0.6) is 0 Å². The number of anilines is 1. The normalized spacial score (nSPS) is 9.88. The summed E-state index contributed by atoms with van der Waals surface area (Å²) in [7, 11) is 0. The molecule has 17 heavy (non-hydrogen) atoms. The lowest BCUT2D eigenvalue weighted by molar-refractivity contribution is 0.108. The van der Waals surface area contributed by atoms with E-state index in [2.05, 4.69) is 0 Å². The lowest BCUT2D eigenvalue weighted by Crippen LogP contribution is -2.08. The molecule has 0 fully saturated rings. The third-order valence-electron chi connectivity index (χ3n) is 1.90. The average Bonchev–Trinajstić information content (AvgIpc) is 2.26. The third-order valence-corrected chi connectivity index (χ3v) is 2.53. The molecule has 1 aromatic carbocycles. The maximum Gasteiger partial charge on any atom is 0.254 e. The second kappa shape index (κ2) is 5.46. The van der Waals surface area contributed by atoms with E-state index in [4.69, 9.17) is 40.0 Å². The van der Waals surface area contributed by atoms with Gasteiger partial charge in [-0.2, -0.15) is 0 Å². The van der Waals surface area contributed by atoms with Crippen LogP contribution in [-0.2, 0) is 0 Å². The Kier molecular flexibility index (Phi) is 4.47. The second-order valence-electron chi connectivity index (χ2n) is 2.88. The van der Waals surface area contributed by atoms with Gasteiger partial charge in [0.05, 0.1) is 16.8 Å². The Balaban J connectivity index is 3.63. The summed E-state index contributed by atoms with van der Waals surface area (Å²) in [5, 5.41) is 5.97. The molecule has 1 aromatic rings. The minimum Gasteiger partial charge on any atom is -0.291 e. The molecular formula is C9H4Cl3NO4. The van der Waals surface area contributed by atoms with E-state index in [1.807, 2.05) is 0 Å².